The first-order valence-electron chi connectivity index (χ1n) is 5.29. The van der Waals surface area contributed by atoms with Gasteiger partial charge in [-0.1, -0.05) is 6.07 Å². The lowest BCUT2D eigenvalue weighted by Crippen LogP contribution is -2.04. The van der Waals surface area contributed by atoms with E-state index in [1.165, 1.54) is 6.07 Å². The van der Waals surface area contributed by atoms with Crippen molar-refractivity contribution in [3.63, 3.8) is 0 Å². The first-order chi connectivity index (χ1) is 8.99. The topological polar surface area (TPSA) is 35.2 Å². The number of ether oxygens (including phenoxy) is 1. The Morgan fingerprint density at radius 3 is 2.16 bits per heavy atom. The van der Waals surface area contributed by atoms with E-state index >= 15 is 0 Å². The van der Waals surface area contributed by atoms with E-state index < -0.39 is 35.6 Å². The minimum Gasteiger partial charge on any atom is -0.485 e. The highest BCUT2D eigenvalue weighted by Crippen LogP contribution is 2.24. The van der Waals surface area contributed by atoms with Gasteiger partial charge in [-0.2, -0.15) is 0 Å². The molecule has 0 bridgehead atoms. The maximum Gasteiger partial charge on any atom is 0.167 e. The molecule has 0 unspecified atom stereocenters. The molecule has 0 atom stereocenters. The van der Waals surface area contributed by atoms with E-state index in [1.54, 1.807) is 0 Å². The Hall–Kier alpha value is -2.24. The number of benzene rings is 2. The molecule has 0 heterocycles. The Morgan fingerprint density at radius 2 is 1.53 bits per heavy atom. The van der Waals surface area contributed by atoms with Crippen LogP contribution < -0.4 is 10.5 Å². The molecule has 0 saturated heterocycles. The van der Waals surface area contributed by atoms with Crippen LogP contribution >= 0.6 is 0 Å². The molecule has 0 aliphatic carbocycles. The molecule has 0 aliphatic heterocycles. The second-order valence-electron chi connectivity index (χ2n) is 3.79. The third-order valence-electron chi connectivity index (χ3n) is 2.48. The van der Waals surface area contributed by atoms with Gasteiger partial charge in [0.25, 0.3) is 0 Å². The second kappa shape index (κ2) is 5.17. The van der Waals surface area contributed by atoms with Gasteiger partial charge in [-0.05, 0) is 12.1 Å². The van der Waals surface area contributed by atoms with Crippen molar-refractivity contribution in [3.8, 4) is 5.75 Å². The number of anilines is 1. The Kier molecular flexibility index (Phi) is 3.59. The van der Waals surface area contributed by atoms with Crippen LogP contribution in [0, 0.1) is 23.3 Å². The van der Waals surface area contributed by atoms with Crippen LogP contribution in [0.4, 0.5) is 23.2 Å². The average molecular weight is 271 g/mol. The van der Waals surface area contributed by atoms with Crippen molar-refractivity contribution in [1.29, 1.82) is 0 Å². The second-order valence-corrected chi connectivity index (χ2v) is 3.79. The quantitative estimate of drug-likeness (QED) is 0.686. The van der Waals surface area contributed by atoms with Gasteiger partial charge in [0.2, 0.25) is 0 Å². The van der Waals surface area contributed by atoms with Crippen LogP contribution in [0.5, 0.6) is 5.75 Å². The van der Waals surface area contributed by atoms with Crippen LogP contribution in [0.2, 0.25) is 0 Å². The van der Waals surface area contributed by atoms with Gasteiger partial charge in [0, 0.05) is 12.1 Å². The number of nitrogen functional groups attached to an aromatic ring is 1. The molecule has 2 nitrogen and oxygen atoms in total. The highest BCUT2D eigenvalue weighted by molar-refractivity contribution is 5.44. The summed E-state index contributed by atoms with van der Waals surface area (Å²) >= 11 is 0. The van der Waals surface area contributed by atoms with Gasteiger partial charge in [0.15, 0.2) is 11.6 Å². The molecule has 2 N–H and O–H groups in total. The summed E-state index contributed by atoms with van der Waals surface area (Å²) in [6.07, 6.45) is 0. The number of halogens is 4. The summed E-state index contributed by atoms with van der Waals surface area (Å²) in [6, 6.07) is 4.74. The van der Waals surface area contributed by atoms with Crippen LogP contribution in [-0.2, 0) is 6.61 Å². The molecule has 2 aromatic rings. The first-order valence-corrected chi connectivity index (χ1v) is 5.29. The van der Waals surface area contributed by atoms with E-state index in [2.05, 4.69) is 0 Å². The molecule has 0 amide bonds. The smallest absolute Gasteiger partial charge is 0.167 e. The number of hydrogen-bond donors (Lipinski definition) is 1. The molecule has 0 aromatic heterocycles. The number of rotatable bonds is 3. The molecular weight excluding hydrogens is 262 g/mol. The molecule has 0 aliphatic rings. The van der Waals surface area contributed by atoms with Crippen molar-refractivity contribution in [2.45, 2.75) is 6.61 Å². The summed E-state index contributed by atoms with van der Waals surface area (Å²) in [5, 5.41) is 0. The van der Waals surface area contributed by atoms with Gasteiger partial charge in [0.1, 0.15) is 24.1 Å². The van der Waals surface area contributed by atoms with Gasteiger partial charge in [0.05, 0.1) is 11.3 Å². The Bertz CT molecular complexity index is 596. The maximum atomic E-state index is 13.4. The van der Waals surface area contributed by atoms with Crippen molar-refractivity contribution >= 4 is 5.69 Å². The van der Waals surface area contributed by atoms with Crippen molar-refractivity contribution in [2.75, 3.05) is 5.73 Å². The number of hydrogen-bond acceptors (Lipinski definition) is 2. The summed E-state index contributed by atoms with van der Waals surface area (Å²) in [4.78, 5) is 0. The maximum absolute atomic E-state index is 13.4. The summed E-state index contributed by atoms with van der Waals surface area (Å²) < 4.78 is 57.9. The summed E-state index contributed by atoms with van der Waals surface area (Å²) in [5.74, 6) is -3.89. The lowest BCUT2D eigenvalue weighted by atomic mass is 10.2. The predicted octanol–water partition coefficient (Wildman–Crippen LogP) is 3.40. The first kappa shape index (κ1) is 13.2. The third-order valence-corrected chi connectivity index (χ3v) is 2.48. The van der Waals surface area contributed by atoms with Gasteiger partial charge in [-0.25, -0.2) is 17.6 Å². The molecule has 0 radical (unpaired) electrons. The summed E-state index contributed by atoms with van der Waals surface area (Å²) in [6.45, 7) is -0.557. The van der Waals surface area contributed by atoms with Gasteiger partial charge in [-0.3, -0.25) is 0 Å². The molecule has 0 spiro atoms. The van der Waals surface area contributed by atoms with Gasteiger partial charge in [-0.15, -0.1) is 0 Å². The lowest BCUT2D eigenvalue weighted by molar-refractivity contribution is 0.277. The monoisotopic (exact) mass is 271 g/mol. The summed E-state index contributed by atoms with van der Waals surface area (Å²) in [7, 11) is 0. The lowest BCUT2D eigenvalue weighted by Gasteiger charge is -2.09. The highest BCUT2D eigenvalue weighted by atomic mass is 19.1. The zero-order valence-electron chi connectivity index (χ0n) is 9.59. The Labute approximate surface area is 106 Å². The van der Waals surface area contributed by atoms with Crippen LogP contribution in [0.3, 0.4) is 0 Å². The van der Waals surface area contributed by atoms with E-state index in [9.17, 15) is 17.6 Å². The van der Waals surface area contributed by atoms with E-state index in [0.29, 0.717) is 0 Å². The van der Waals surface area contributed by atoms with Crippen molar-refractivity contribution < 1.29 is 22.3 Å². The van der Waals surface area contributed by atoms with E-state index in [-0.39, 0.29) is 11.3 Å². The van der Waals surface area contributed by atoms with Gasteiger partial charge < -0.3 is 10.5 Å². The molecular formula is C13H9F4NO. The van der Waals surface area contributed by atoms with Crippen LogP contribution in [0.15, 0.2) is 30.3 Å². The van der Waals surface area contributed by atoms with Crippen molar-refractivity contribution in [2.24, 2.45) is 0 Å². The molecule has 2 aromatic carbocycles. The van der Waals surface area contributed by atoms with Crippen molar-refractivity contribution in [1.82, 2.24) is 0 Å². The molecule has 0 saturated carbocycles. The molecule has 0 fully saturated rings. The Balaban J connectivity index is 2.22. The molecule has 2 rings (SSSR count). The van der Waals surface area contributed by atoms with Crippen LogP contribution in [0.1, 0.15) is 5.56 Å². The third kappa shape index (κ3) is 2.78. The predicted molar refractivity (Wildman–Crippen MR) is 61.5 cm³/mol. The zero-order chi connectivity index (χ0) is 14.0. The fraction of sp³-hybridized carbons (Fsp3) is 0.0769. The molecule has 19 heavy (non-hydrogen) atoms. The van der Waals surface area contributed by atoms with E-state index in [1.807, 2.05) is 0 Å². The normalized spacial score (nSPS) is 10.5. The SMILES string of the molecule is Nc1cc(F)c(OCc2c(F)cccc2F)cc1F. The van der Waals surface area contributed by atoms with Crippen LogP contribution in [0.25, 0.3) is 0 Å². The minimum atomic E-state index is -0.907. The molecule has 100 valence electrons. The average Bonchev–Trinajstić information content (AvgIpc) is 2.34. The van der Waals surface area contributed by atoms with Gasteiger partial charge >= 0.3 is 0 Å². The van der Waals surface area contributed by atoms with E-state index in [4.69, 9.17) is 10.5 Å². The number of nitrogens with two attached hydrogens (primary N) is 1. The van der Waals surface area contributed by atoms with Crippen LogP contribution in [-0.4, -0.2) is 0 Å². The largest absolute Gasteiger partial charge is 0.485 e. The fourth-order valence-corrected chi connectivity index (χ4v) is 1.47. The standard InChI is InChI=1S/C13H9F4NO/c14-8-2-1-3-9(15)7(8)6-19-13-5-10(16)12(18)4-11(13)17/h1-5H,6,18H2. The Morgan fingerprint density at radius 1 is 0.895 bits per heavy atom. The fourth-order valence-electron chi connectivity index (χ4n) is 1.47. The molecule has 6 heteroatoms. The summed E-state index contributed by atoms with van der Waals surface area (Å²) in [5.41, 5.74) is 4.42. The van der Waals surface area contributed by atoms with E-state index in [0.717, 1.165) is 24.3 Å². The zero-order valence-corrected chi connectivity index (χ0v) is 9.59. The minimum absolute atomic E-state index is 0.362. The van der Waals surface area contributed by atoms with Crippen molar-refractivity contribution in [3.05, 3.63) is 59.2 Å². The highest BCUT2D eigenvalue weighted by Gasteiger charge is 2.13.